The van der Waals surface area contributed by atoms with Crippen molar-refractivity contribution < 1.29 is 4.79 Å². The van der Waals surface area contributed by atoms with E-state index in [1.54, 1.807) is 12.4 Å². The lowest BCUT2D eigenvalue weighted by molar-refractivity contribution is 0.0951. The smallest absolute Gasteiger partial charge is 0.251 e. The zero-order valence-electron chi connectivity index (χ0n) is 14.8. The summed E-state index contributed by atoms with van der Waals surface area (Å²) in [6, 6.07) is 17.8. The molecule has 3 rings (SSSR count). The molecule has 0 fully saturated rings. The number of nitrogens with zero attached hydrogens (tertiary/aromatic N) is 1. The van der Waals surface area contributed by atoms with Gasteiger partial charge in [0.1, 0.15) is 0 Å². The van der Waals surface area contributed by atoms with Crippen molar-refractivity contribution in [2.24, 2.45) is 0 Å². The van der Waals surface area contributed by atoms with E-state index in [2.05, 4.69) is 46.2 Å². The molecule has 0 spiro atoms. The van der Waals surface area contributed by atoms with Gasteiger partial charge >= 0.3 is 0 Å². The van der Waals surface area contributed by atoms with E-state index < -0.39 is 0 Å². The number of rotatable bonds is 6. The van der Waals surface area contributed by atoms with Crippen LogP contribution in [0.2, 0.25) is 0 Å². The fourth-order valence-corrected chi connectivity index (χ4v) is 3.10. The van der Waals surface area contributed by atoms with Crippen molar-refractivity contribution in [1.29, 1.82) is 0 Å². The second-order valence-corrected chi connectivity index (χ2v) is 6.97. The van der Waals surface area contributed by atoms with Crippen molar-refractivity contribution in [2.75, 3.05) is 4.72 Å². The molecule has 2 N–H and O–H groups in total. The fourth-order valence-electron chi connectivity index (χ4n) is 2.38. The maximum atomic E-state index is 12.4. The number of benzene rings is 2. The summed E-state index contributed by atoms with van der Waals surface area (Å²) in [7, 11) is 0. The predicted molar refractivity (Wildman–Crippen MR) is 107 cm³/mol. The molecular weight excluding hydrogens is 342 g/mol. The van der Waals surface area contributed by atoms with E-state index in [-0.39, 0.29) is 5.91 Å². The van der Waals surface area contributed by atoms with Crippen molar-refractivity contribution in [3.63, 3.8) is 0 Å². The largest absolute Gasteiger partial charge is 0.348 e. The molecule has 0 aliphatic rings. The molecule has 0 aliphatic heterocycles. The van der Waals surface area contributed by atoms with E-state index >= 15 is 0 Å². The molecule has 132 valence electrons. The Morgan fingerprint density at radius 1 is 1.08 bits per heavy atom. The Morgan fingerprint density at radius 3 is 2.62 bits per heavy atom. The van der Waals surface area contributed by atoms with Crippen LogP contribution in [0.25, 0.3) is 0 Å². The second-order valence-electron chi connectivity index (χ2n) is 6.09. The molecule has 0 aliphatic carbocycles. The van der Waals surface area contributed by atoms with Gasteiger partial charge in [-0.15, -0.1) is 0 Å². The molecule has 1 amide bonds. The first-order valence-corrected chi connectivity index (χ1v) is 9.21. The number of amides is 1. The molecule has 1 aromatic heterocycles. The maximum Gasteiger partial charge on any atom is 0.251 e. The highest BCUT2D eigenvalue weighted by Gasteiger charge is 2.08. The zero-order valence-corrected chi connectivity index (χ0v) is 15.6. The number of aromatic nitrogens is 1. The lowest BCUT2D eigenvalue weighted by Gasteiger charge is -2.11. The number of aryl methyl sites for hydroxylation is 2. The molecule has 1 heterocycles. The Bertz CT molecular complexity index is 880. The normalized spacial score (nSPS) is 10.4. The summed E-state index contributed by atoms with van der Waals surface area (Å²) in [6.45, 7) is 4.55. The number of nitrogens with one attached hydrogen (secondary N) is 2. The van der Waals surface area contributed by atoms with Crippen molar-refractivity contribution in [1.82, 2.24) is 10.3 Å². The fraction of sp³-hybridized carbons (Fsp3) is 0.143. The van der Waals surface area contributed by atoms with Gasteiger partial charge in [-0.1, -0.05) is 29.8 Å². The molecule has 0 atom stereocenters. The lowest BCUT2D eigenvalue weighted by atomic mass is 10.1. The Kier molecular flexibility index (Phi) is 5.92. The van der Waals surface area contributed by atoms with Crippen LogP contribution in [0.4, 0.5) is 5.69 Å². The van der Waals surface area contributed by atoms with Crippen LogP contribution in [-0.4, -0.2) is 10.9 Å². The van der Waals surface area contributed by atoms with Gasteiger partial charge in [-0.05, 0) is 67.3 Å². The molecule has 26 heavy (non-hydrogen) atoms. The number of hydrogen-bond donors (Lipinski definition) is 2. The van der Waals surface area contributed by atoms with Gasteiger partial charge in [0.15, 0.2) is 0 Å². The van der Waals surface area contributed by atoms with Gasteiger partial charge < -0.3 is 10.0 Å². The highest BCUT2D eigenvalue weighted by Crippen LogP contribution is 2.25. The number of hydrogen-bond acceptors (Lipinski definition) is 4. The van der Waals surface area contributed by atoms with Crippen LogP contribution < -0.4 is 10.0 Å². The average molecular weight is 363 g/mol. The minimum absolute atomic E-state index is 0.0998. The van der Waals surface area contributed by atoms with Crippen LogP contribution >= 0.6 is 11.9 Å². The van der Waals surface area contributed by atoms with Crippen molar-refractivity contribution >= 4 is 23.5 Å². The average Bonchev–Trinajstić information content (AvgIpc) is 2.67. The van der Waals surface area contributed by atoms with E-state index in [1.165, 1.54) is 17.5 Å². The zero-order chi connectivity index (χ0) is 18.4. The third-order valence-corrected chi connectivity index (χ3v) is 4.81. The summed E-state index contributed by atoms with van der Waals surface area (Å²) < 4.78 is 3.34. The van der Waals surface area contributed by atoms with E-state index in [0.29, 0.717) is 12.1 Å². The van der Waals surface area contributed by atoms with Gasteiger partial charge in [-0.25, -0.2) is 0 Å². The molecule has 0 radical (unpaired) electrons. The lowest BCUT2D eigenvalue weighted by Crippen LogP contribution is -2.22. The standard InChI is InChI=1S/C21H21N3OS/c1-15-5-9-19(10-6-15)26-24-20-12-18(8-7-16(20)2)21(25)23-14-17-4-3-11-22-13-17/h3-13,24H,14H2,1-2H3,(H,23,25). The Balaban J connectivity index is 1.64. The van der Waals surface area contributed by atoms with Crippen molar-refractivity contribution in [3.8, 4) is 0 Å². The predicted octanol–water partition coefficient (Wildman–Crippen LogP) is 4.75. The quantitative estimate of drug-likeness (QED) is 0.621. The molecule has 0 saturated heterocycles. The van der Waals surface area contributed by atoms with Gasteiger partial charge in [0.2, 0.25) is 0 Å². The van der Waals surface area contributed by atoms with Crippen LogP contribution in [0.15, 0.2) is 71.9 Å². The van der Waals surface area contributed by atoms with Crippen LogP contribution in [0.3, 0.4) is 0 Å². The highest BCUT2D eigenvalue weighted by molar-refractivity contribution is 8.00. The minimum atomic E-state index is -0.0998. The van der Waals surface area contributed by atoms with Gasteiger partial charge in [0, 0.05) is 35.1 Å². The van der Waals surface area contributed by atoms with Crippen LogP contribution in [0, 0.1) is 13.8 Å². The molecule has 0 bridgehead atoms. The van der Waals surface area contributed by atoms with Crippen LogP contribution in [0.1, 0.15) is 27.0 Å². The number of anilines is 1. The summed E-state index contributed by atoms with van der Waals surface area (Å²) in [5.74, 6) is -0.0998. The molecule has 4 nitrogen and oxygen atoms in total. The maximum absolute atomic E-state index is 12.4. The first kappa shape index (κ1) is 18.0. The molecule has 3 aromatic rings. The first-order chi connectivity index (χ1) is 12.6. The molecule has 0 saturated carbocycles. The van der Waals surface area contributed by atoms with Gasteiger partial charge in [-0.3, -0.25) is 9.78 Å². The third kappa shape index (κ3) is 4.86. The van der Waals surface area contributed by atoms with Crippen LogP contribution in [-0.2, 0) is 6.54 Å². The Hall–Kier alpha value is -2.79. The number of carbonyl (C=O) groups excluding carboxylic acids is 1. The molecule has 0 unspecified atom stereocenters. The summed E-state index contributed by atoms with van der Waals surface area (Å²) >= 11 is 1.54. The summed E-state index contributed by atoms with van der Waals surface area (Å²) in [5, 5.41) is 2.93. The summed E-state index contributed by atoms with van der Waals surface area (Å²) in [4.78, 5) is 17.6. The van der Waals surface area contributed by atoms with E-state index in [0.717, 1.165) is 21.7 Å². The van der Waals surface area contributed by atoms with E-state index in [9.17, 15) is 4.79 Å². The first-order valence-electron chi connectivity index (χ1n) is 8.39. The number of pyridine rings is 1. The van der Waals surface area contributed by atoms with Crippen molar-refractivity contribution in [2.45, 2.75) is 25.3 Å². The summed E-state index contributed by atoms with van der Waals surface area (Å²) in [5.41, 5.74) is 4.86. The van der Waals surface area contributed by atoms with Gasteiger partial charge in [-0.2, -0.15) is 0 Å². The monoisotopic (exact) mass is 363 g/mol. The topological polar surface area (TPSA) is 54.0 Å². The second kappa shape index (κ2) is 8.54. The van der Waals surface area contributed by atoms with Crippen LogP contribution in [0.5, 0.6) is 0 Å². The molecule has 2 aromatic carbocycles. The van der Waals surface area contributed by atoms with Gasteiger partial charge in [0.25, 0.3) is 5.91 Å². The summed E-state index contributed by atoms with van der Waals surface area (Å²) in [6.07, 6.45) is 3.47. The Morgan fingerprint density at radius 2 is 1.88 bits per heavy atom. The molecular formula is C21H21N3OS. The van der Waals surface area contributed by atoms with Crippen molar-refractivity contribution in [3.05, 3.63) is 89.2 Å². The third-order valence-electron chi connectivity index (χ3n) is 3.98. The Labute approximate surface area is 158 Å². The highest BCUT2D eigenvalue weighted by atomic mass is 32.2. The van der Waals surface area contributed by atoms with E-state index in [4.69, 9.17) is 0 Å². The number of carbonyl (C=O) groups is 1. The van der Waals surface area contributed by atoms with E-state index in [1.807, 2.05) is 37.3 Å². The van der Waals surface area contributed by atoms with Gasteiger partial charge in [0.05, 0.1) is 0 Å². The molecule has 5 heteroatoms. The SMILES string of the molecule is Cc1ccc(SNc2cc(C(=O)NCc3cccnc3)ccc2C)cc1. The minimum Gasteiger partial charge on any atom is -0.348 e.